The van der Waals surface area contributed by atoms with E-state index in [1.165, 1.54) is 13.8 Å². The van der Waals surface area contributed by atoms with Crippen LogP contribution >= 0.6 is 0 Å². The minimum Gasteiger partial charge on any atom is -0.336 e. The van der Waals surface area contributed by atoms with Gasteiger partial charge in [-0.15, -0.1) is 0 Å². The van der Waals surface area contributed by atoms with E-state index < -0.39 is 0 Å². The molecular weight excluding hydrogens is 282 g/mol. The number of rotatable bonds is 6. The molecule has 6 nitrogen and oxygen atoms in total. The summed E-state index contributed by atoms with van der Waals surface area (Å²) in [6.07, 6.45) is 2.07. The van der Waals surface area contributed by atoms with Gasteiger partial charge in [0.05, 0.1) is 0 Å². The van der Waals surface area contributed by atoms with Crippen LogP contribution in [0.3, 0.4) is 0 Å². The highest BCUT2D eigenvalue weighted by molar-refractivity contribution is 5.96. The summed E-state index contributed by atoms with van der Waals surface area (Å²) in [7, 11) is 0. The second kappa shape index (κ2) is 7.06. The molecule has 2 N–H and O–H groups in total. The van der Waals surface area contributed by atoms with Crippen molar-refractivity contribution in [3.63, 3.8) is 0 Å². The SMILES string of the molecule is CC(=O)c1ccc(N(CCNC(=O)NC2CC2)C(C)=O)cc1. The maximum absolute atomic E-state index is 11.8. The van der Waals surface area contributed by atoms with Crippen molar-refractivity contribution in [1.82, 2.24) is 10.6 Å². The Labute approximate surface area is 129 Å². The zero-order valence-corrected chi connectivity index (χ0v) is 12.9. The van der Waals surface area contributed by atoms with Crippen LogP contribution in [0, 0.1) is 0 Å². The van der Waals surface area contributed by atoms with Crippen molar-refractivity contribution in [1.29, 1.82) is 0 Å². The van der Waals surface area contributed by atoms with Crippen LogP contribution < -0.4 is 15.5 Å². The number of carbonyl (C=O) groups is 3. The minimum absolute atomic E-state index is 0.0145. The Balaban J connectivity index is 1.89. The number of nitrogens with one attached hydrogen (secondary N) is 2. The Bertz CT molecular complexity index is 565. The van der Waals surface area contributed by atoms with Gasteiger partial charge in [-0.25, -0.2) is 4.79 Å². The summed E-state index contributed by atoms with van der Waals surface area (Å²) in [4.78, 5) is 36.1. The highest BCUT2D eigenvalue weighted by Gasteiger charge is 2.23. The van der Waals surface area contributed by atoms with Gasteiger partial charge in [0.25, 0.3) is 0 Å². The van der Waals surface area contributed by atoms with Gasteiger partial charge in [-0.1, -0.05) is 0 Å². The predicted octanol–water partition coefficient (Wildman–Crippen LogP) is 1.70. The van der Waals surface area contributed by atoms with Crippen molar-refractivity contribution in [2.75, 3.05) is 18.0 Å². The van der Waals surface area contributed by atoms with Crippen LogP contribution in [0.15, 0.2) is 24.3 Å². The molecule has 0 unspecified atom stereocenters. The molecule has 6 heteroatoms. The summed E-state index contributed by atoms with van der Waals surface area (Å²) in [6.45, 7) is 3.72. The number of ketones is 1. The molecule has 0 saturated heterocycles. The Morgan fingerprint density at radius 1 is 1.14 bits per heavy atom. The first-order valence-corrected chi connectivity index (χ1v) is 7.41. The number of nitrogens with zero attached hydrogens (tertiary/aromatic N) is 1. The van der Waals surface area contributed by atoms with Gasteiger partial charge in [-0.3, -0.25) is 9.59 Å². The van der Waals surface area contributed by atoms with Crippen LogP contribution in [-0.2, 0) is 4.79 Å². The summed E-state index contributed by atoms with van der Waals surface area (Å²) in [5.41, 5.74) is 1.32. The first-order chi connectivity index (χ1) is 10.5. The van der Waals surface area contributed by atoms with Crippen molar-refractivity contribution in [2.45, 2.75) is 32.7 Å². The zero-order chi connectivity index (χ0) is 16.1. The molecule has 1 aromatic rings. The summed E-state index contributed by atoms with van der Waals surface area (Å²) < 4.78 is 0. The minimum atomic E-state index is -0.196. The third-order valence-corrected chi connectivity index (χ3v) is 3.50. The van der Waals surface area contributed by atoms with Gasteiger partial charge in [0.2, 0.25) is 5.91 Å². The van der Waals surface area contributed by atoms with Gasteiger partial charge in [0.15, 0.2) is 5.78 Å². The van der Waals surface area contributed by atoms with Crippen LogP contribution in [0.2, 0.25) is 0 Å². The molecule has 0 aromatic heterocycles. The van der Waals surface area contributed by atoms with Crippen molar-refractivity contribution in [3.05, 3.63) is 29.8 Å². The van der Waals surface area contributed by atoms with Crippen LogP contribution in [0.1, 0.15) is 37.0 Å². The van der Waals surface area contributed by atoms with Crippen molar-refractivity contribution in [3.8, 4) is 0 Å². The summed E-state index contributed by atoms with van der Waals surface area (Å²) in [5, 5.41) is 5.57. The molecule has 0 heterocycles. The zero-order valence-electron chi connectivity index (χ0n) is 12.9. The van der Waals surface area contributed by atoms with Gasteiger partial charge in [-0.2, -0.15) is 0 Å². The van der Waals surface area contributed by atoms with Crippen molar-refractivity contribution in [2.24, 2.45) is 0 Å². The van der Waals surface area contributed by atoms with Crippen molar-refractivity contribution >= 4 is 23.4 Å². The van der Waals surface area contributed by atoms with E-state index in [1.807, 2.05) is 0 Å². The van der Waals surface area contributed by atoms with Gasteiger partial charge in [0.1, 0.15) is 0 Å². The molecule has 1 aliphatic rings. The predicted molar refractivity (Wildman–Crippen MR) is 84.0 cm³/mol. The number of amides is 3. The Kier molecular flexibility index (Phi) is 5.14. The van der Waals surface area contributed by atoms with Crippen LogP contribution in [0.4, 0.5) is 10.5 Å². The molecule has 1 aliphatic carbocycles. The molecule has 0 bridgehead atoms. The summed E-state index contributed by atoms with van der Waals surface area (Å²) in [5.74, 6) is -0.126. The van der Waals surface area contributed by atoms with E-state index in [-0.39, 0.29) is 17.7 Å². The van der Waals surface area contributed by atoms with Crippen LogP contribution in [0.25, 0.3) is 0 Å². The lowest BCUT2D eigenvalue weighted by atomic mass is 10.1. The molecule has 0 radical (unpaired) electrons. The van der Waals surface area contributed by atoms with E-state index in [4.69, 9.17) is 0 Å². The highest BCUT2D eigenvalue weighted by Crippen LogP contribution is 2.18. The second-order valence-electron chi connectivity index (χ2n) is 5.45. The largest absolute Gasteiger partial charge is 0.336 e. The van der Waals surface area contributed by atoms with Gasteiger partial charge < -0.3 is 15.5 Å². The van der Waals surface area contributed by atoms with E-state index in [1.54, 1.807) is 29.2 Å². The number of anilines is 1. The normalized spacial score (nSPS) is 13.4. The molecule has 3 amide bonds. The molecule has 2 rings (SSSR count). The molecule has 1 saturated carbocycles. The second-order valence-corrected chi connectivity index (χ2v) is 5.45. The fourth-order valence-corrected chi connectivity index (χ4v) is 2.09. The molecule has 1 fully saturated rings. The van der Waals surface area contributed by atoms with Crippen LogP contribution in [0.5, 0.6) is 0 Å². The number of benzene rings is 1. The van der Waals surface area contributed by atoms with Crippen molar-refractivity contribution < 1.29 is 14.4 Å². The van der Waals surface area contributed by atoms with E-state index >= 15 is 0 Å². The van der Waals surface area contributed by atoms with Gasteiger partial charge >= 0.3 is 6.03 Å². The molecule has 0 spiro atoms. The maximum atomic E-state index is 11.8. The topological polar surface area (TPSA) is 78.5 Å². The van der Waals surface area contributed by atoms with Crippen LogP contribution in [-0.4, -0.2) is 36.9 Å². The van der Waals surface area contributed by atoms with E-state index in [0.717, 1.165) is 12.8 Å². The molecule has 118 valence electrons. The van der Waals surface area contributed by atoms with E-state index in [2.05, 4.69) is 10.6 Å². The summed E-state index contributed by atoms with van der Waals surface area (Å²) >= 11 is 0. The number of Topliss-reactive ketones (excluding diaryl/α,β-unsaturated/α-hetero) is 1. The maximum Gasteiger partial charge on any atom is 0.315 e. The number of urea groups is 1. The van der Waals surface area contributed by atoms with Gasteiger partial charge in [0, 0.05) is 37.3 Å². The third-order valence-electron chi connectivity index (χ3n) is 3.50. The van der Waals surface area contributed by atoms with E-state index in [0.29, 0.717) is 30.4 Å². The lowest BCUT2D eigenvalue weighted by Crippen LogP contribution is -2.42. The molecule has 0 atom stereocenters. The lowest BCUT2D eigenvalue weighted by Gasteiger charge is -2.21. The quantitative estimate of drug-likeness (QED) is 0.785. The number of hydrogen-bond acceptors (Lipinski definition) is 3. The number of hydrogen-bond donors (Lipinski definition) is 2. The average molecular weight is 303 g/mol. The Hall–Kier alpha value is -2.37. The van der Waals surface area contributed by atoms with E-state index in [9.17, 15) is 14.4 Å². The molecule has 0 aliphatic heterocycles. The lowest BCUT2D eigenvalue weighted by molar-refractivity contribution is -0.116. The Morgan fingerprint density at radius 2 is 1.77 bits per heavy atom. The fourth-order valence-electron chi connectivity index (χ4n) is 2.09. The average Bonchev–Trinajstić information content (AvgIpc) is 3.27. The molecular formula is C16H21N3O3. The Morgan fingerprint density at radius 3 is 2.27 bits per heavy atom. The number of carbonyl (C=O) groups excluding carboxylic acids is 3. The first kappa shape index (κ1) is 16.0. The summed E-state index contributed by atoms with van der Waals surface area (Å²) in [6, 6.07) is 6.98. The smallest absolute Gasteiger partial charge is 0.315 e. The molecule has 22 heavy (non-hydrogen) atoms. The highest BCUT2D eigenvalue weighted by atomic mass is 16.2. The standard InChI is InChI=1S/C16H21N3O3/c1-11(20)13-3-7-15(8-4-13)19(12(2)21)10-9-17-16(22)18-14-5-6-14/h3-4,7-8,14H,5-6,9-10H2,1-2H3,(H2,17,18,22). The van der Waals surface area contributed by atoms with Gasteiger partial charge in [-0.05, 0) is 44.0 Å². The molecule has 1 aromatic carbocycles. The fraction of sp³-hybridized carbons (Fsp3) is 0.438. The monoisotopic (exact) mass is 303 g/mol. The third kappa shape index (κ3) is 4.58. The first-order valence-electron chi connectivity index (χ1n) is 7.41.